The largest absolute Gasteiger partial charge is 0.493 e. The van der Waals surface area contributed by atoms with Crippen LogP contribution >= 0.6 is 22.7 Å². The highest BCUT2D eigenvalue weighted by molar-refractivity contribution is 7.17. The third-order valence-electron chi connectivity index (χ3n) is 4.54. The van der Waals surface area contributed by atoms with Crippen LogP contribution in [0.4, 0.5) is 0 Å². The maximum atomic E-state index is 12.3. The zero-order valence-electron chi connectivity index (χ0n) is 19.7. The van der Waals surface area contributed by atoms with Crippen molar-refractivity contribution in [2.24, 2.45) is 5.92 Å². The molecule has 7 nitrogen and oxygen atoms in total. The molecule has 0 fully saturated rings. The summed E-state index contributed by atoms with van der Waals surface area (Å²) in [6.45, 7) is 12.5. The van der Waals surface area contributed by atoms with Crippen molar-refractivity contribution in [2.45, 2.75) is 41.5 Å². The third kappa shape index (κ3) is 5.78. The molecule has 176 valence electrons. The van der Waals surface area contributed by atoms with Gasteiger partial charge >= 0.3 is 11.9 Å². The Hall–Kier alpha value is -2.78. The van der Waals surface area contributed by atoms with Crippen LogP contribution in [0.15, 0.2) is 18.2 Å². The number of thiazole rings is 2. The highest BCUT2D eigenvalue weighted by Crippen LogP contribution is 2.39. The molecule has 0 unspecified atom stereocenters. The molecule has 0 saturated carbocycles. The minimum Gasteiger partial charge on any atom is -0.493 e. The molecule has 3 aromatic rings. The number of ether oxygens (including phenoxy) is 3. The highest BCUT2D eigenvalue weighted by atomic mass is 32.1. The zero-order chi connectivity index (χ0) is 24.1. The van der Waals surface area contributed by atoms with Gasteiger partial charge in [-0.05, 0) is 51.8 Å². The molecule has 0 spiro atoms. The van der Waals surface area contributed by atoms with E-state index in [1.165, 1.54) is 22.7 Å². The molecule has 2 heterocycles. The second kappa shape index (κ2) is 10.9. The van der Waals surface area contributed by atoms with E-state index in [1.807, 2.05) is 18.2 Å². The number of aromatic nitrogens is 2. The Morgan fingerprint density at radius 2 is 1.45 bits per heavy atom. The normalized spacial score (nSPS) is 11.0. The maximum absolute atomic E-state index is 12.3. The van der Waals surface area contributed by atoms with Crippen molar-refractivity contribution >= 4 is 34.6 Å². The van der Waals surface area contributed by atoms with Gasteiger partial charge in [0.05, 0.1) is 36.8 Å². The van der Waals surface area contributed by atoms with Gasteiger partial charge in [0.25, 0.3) is 0 Å². The van der Waals surface area contributed by atoms with E-state index < -0.39 is 0 Å². The van der Waals surface area contributed by atoms with Gasteiger partial charge in [-0.15, -0.1) is 22.7 Å². The van der Waals surface area contributed by atoms with Crippen molar-refractivity contribution in [1.29, 1.82) is 0 Å². The van der Waals surface area contributed by atoms with Gasteiger partial charge in [0.15, 0.2) is 0 Å². The fourth-order valence-corrected chi connectivity index (χ4v) is 4.95. The van der Waals surface area contributed by atoms with Crippen LogP contribution in [0, 0.1) is 19.8 Å². The van der Waals surface area contributed by atoms with Crippen LogP contribution in [-0.2, 0) is 9.47 Å². The average molecular weight is 489 g/mol. The molecular weight excluding hydrogens is 460 g/mol. The predicted molar refractivity (Wildman–Crippen MR) is 130 cm³/mol. The van der Waals surface area contributed by atoms with E-state index in [0.717, 1.165) is 11.1 Å². The van der Waals surface area contributed by atoms with Crippen molar-refractivity contribution in [2.75, 3.05) is 19.8 Å². The van der Waals surface area contributed by atoms with Crippen LogP contribution in [0.3, 0.4) is 0 Å². The molecule has 0 aliphatic rings. The summed E-state index contributed by atoms with van der Waals surface area (Å²) in [5.74, 6) is 0.273. The summed E-state index contributed by atoms with van der Waals surface area (Å²) < 4.78 is 16.4. The first-order chi connectivity index (χ1) is 15.7. The van der Waals surface area contributed by atoms with E-state index in [1.54, 1.807) is 27.7 Å². The summed E-state index contributed by atoms with van der Waals surface area (Å²) in [5, 5.41) is 1.36. The lowest BCUT2D eigenvalue weighted by Crippen LogP contribution is -2.05. The standard InChI is InChI=1S/C24H28N2O5S2/c1-7-29-23(27)19-14(5)25-21(32-19)16-9-10-18(31-12-13(3)4)17(11-16)22-26-15(6)20(33-22)24(28)30-8-2/h9-11,13H,7-8,12H2,1-6H3. The first kappa shape index (κ1) is 24.9. The Kier molecular flexibility index (Phi) is 8.20. The zero-order valence-corrected chi connectivity index (χ0v) is 21.3. The number of hydrogen-bond donors (Lipinski definition) is 0. The van der Waals surface area contributed by atoms with Crippen LogP contribution in [0.1, 0.15) is 58.4 Å². The number of carbonyl (C=O) groups is 2. The van der Waals surface area contributed by atoms with Gasteiger partial charge in [0.1, 0.15) is 25.5 Å². The van der Waals surface area contributed by atoms with E-state index in [9.17, 15) is 9.59 Å². The average Bonchev–Trinajstić information content (AvgIpc) is 3.35. The van der Waals surface area contributed by atoms with E-state index in [-0.39, 0.29) is 11.9 Å². The van der Waals surface area contributed by atoms with Gasteiger partial charge in [0, 0.05) is 5.56 Å². The number of esters is 2. The third-order valence-corrected chi connectivity index (χ3v) is 6.90. The lowest BCUT2D eigenvalue weighted by atomic mass is 10.1. The van der Waals surface area contributed by atoms with Crippen LogP contribution in [0.25, 0.3) is 21.1 Å². The van der Waals surface area contributed by atoms with E-state index >= 15 is 0 Å². The van der Waals surface area contributed by atoms with Gasteiger partial charge in [-0.25, -0.2) is 19.6 Å². The summed E-state index contributed by atoms with van der Waals surface area (Å²) in [7, 11) is 0. The number of carbonyl (C=O) groups excluding carboxylic acids is 2. The van der Waals surface area contributed by atoms with Crippen molar-refractivity contribution in [3.8, 4) is 26.9 Å². The lowest BCUT2D eigenvalue weighted by molar-refractivity contribution is 0.0521. The maximum Gasteiger partial charge on any atom is 0.350 e. The van der Waals surface area contributed by atoms with Gasteiger partial charge in [-0.3, -0.25) is 0 Å². The molecule has 0 radical (unpaired) electrons. The summed E-state index contributed by atoms with van der Waals surface area (Å²) in [4.78, 5) is 34.7. The molecule has 0 aliphatic heterocycles. The Labute approximate surface area is 201 Å². The van der Waals surface area contributed by atoms with Crippen LogP contribution < -0.4 is 4.74 Å². The monoisotopic (exact) mass is 488 g/mol. The molecule has 0 saturated heterocycles. The number of benzene rings is 1. The SMILES string of the molecule is CCOC(=O)c1sc(-c2ccc(OCC(C)C)c(-c3nc(C)c(C(=O)OCC)s3)c2)nc1C. The second-order valence-electron chi connectivity index (χ2n) is 7.72. The molecule has 0 atom stereocenters. The van der Waals surface area contributed by atoms with Crippen molar-refractivity contribution in [3.05, 3.63) is 39.3 Å². The quantitative estimate of drug-likeness (QED) is 0.345. The highest BCUT2D eigenvalue weighted by Gasteiger charge is 2.22. The summed E-state index contributed by atoms with van der Waals surface area (Å²) >= 11 is 2.57. The number of hydrogen-bond acceptors (Lipinski definition) is 9. The number of rotatable bonds is 9. The van der Waals surface area contributed by atoms with Gasteiger partial charge in [-0.2, -0.15) is 0 Å². The van der Waals surface area contributed by atoms with E-state index in [2.05, 4.69) is 23.8 Å². The first-order valence-electron chi connectivity index (χ1n) is 10.8. The molecule has 2 aromatic heterocycles. The smallest absolute Gasteiger partial charge is 0.350 e. The van der Waals surface area contributed by atoms with Crippen LogP contribution in [0.5, 0.6) is 5.75 Å². The molecule has 0 aliphatic carbocycles. The fourth-order valence-electron chi connectivity index (χ4n) is 3.02. The molecule has 0 bridgehead atoms. The van der Waals surface area contributed by atoms with Crippen LogP contribution in [-0.4, -0.2) is 41.7 Å². The van der Waals surface area contributed by atoms with Crippen molar-refractivity contribution < 1.29 is 23.8 Å². The summed E-state index contributed by atoms with van der Waals surface area (Å²) in [5.41, 5.74) is 2.84. The van der Waals surface area contributed by atoms with E-state index in [0.29, 0.717) is 62.6 Å². The Morgan fingerprint density at radius 1 is 0.909 bits per heavy atom. The number of nitrogens with zero attached hydrogens (tertiary/aromatic N) is 2. The van der Waals surface area contributed by atoms with Crippen LogP contribution in [0.2, 0.25) is 0 Å². The molecule has 1 aromatic carbocycles. The van der Waals surface area contributed by atoms with E-state index in [4.69, 9.17) is 14.2 Å². The minimum atomic E-state index is -0.380. The van der Waals surface area contributed by atoms with Gasteiger partial charge in [0.2, 0.25) is 0 Å². The second-order valence-corrected chi connectivity index (χ2v) is 9.72. The lowest BCUT2D eigenvalue weighted by Gasteiger charge is -2.13. The molecule has 3 rings (SSSR count). The molecule has 33 heavy (non-hydrogen) atoms. The topological polar surface area (TPSA) is 87.6 Å². The van der Waals surface area contributed by atoms with Crippen molar-refractivity contribution in [3.63, 3.8) is 0 Å². The van der Waals surface area contributed by atoms with Gasteiger partial charge in [-0.1, -0.05) is 13.8 Å². The van der Waals surface area contributed by atoms with Crippen molar-refractivity contribution in [1.82, 2.24) is 9.97 Å². The molecule has 0 amide bonds. The predicted octanol–water partition coefficient (Wildman–Crippen LogP) is 5.94. The summed E-state index contributed by atoms with van der Waals surface area (Å²) in [6.07, 6.45) is 0. The summed E-state index contributed by atoms with van der Waals surface area (Å²) in [6, 6.07) is 5.74. The Balaban J connectivity index is 2.06. The Bertz CT molecular complexity index is 1150. The first-order valence-corrected chi connectivity index (χ1v) is 12.4. The van der Waals surface area contributed by atoms with Gasteiger partial charge < -0.3 is 14.2 Å². The molecule has 0 N–H and O–H groups in total. The number of aryl methyl sites for hydroxylation is 2. The Morgan fingerprint density at radius 3 is 2.00 bits per heavy atom. The molecular formula is C24H28N2O5S2. The molecule has 9 heteroatoms. The fraction of sp³-hybridized carbons (Fsp3) is 0.417. The minimum absolute atomic E-state index is 0.302.